The van der Waals surface area contributed by atoms with Crippen molar-refractivity contribution in [2.75, 3.05) is 6.54 Å². The number of ether oxygens (including phenoxy) is 1. The summed E-state index contributed by atoms with van der Waals surface area (Å²) >= 11 is 5.55. The van der Waals surface area contributed by atoms with Crippen LogP contribution in [0.25, 0.3) is 0 Å². The number of hydrogen-bond donors (Lipinski definition) is 1. The molecular formula is C14H20BrNOS. The van der Waals surface area contributed by atoms with Gasteiger partial charge in [0, 0.05) is 21.3 Å². The lowest BCUT2D eigenvalue weighted by Gasteiger charge is -2.29. The first-order chi connectivity index (χ1) is 8.79. The van der Waals surface area contributed by atoms with Gasteiger partial charge in [-0.15, -0.1) is 11.3 Å². The van der Waals surface area contributed by atoms with Crippen LogP contribution in [0.2, 0.25) is 0 Å². The van der Waals surface area contributed by atoms with Gasteiger partial charge in [0.1, 0.15) is 0 Å². The van der Waals surface area contributed by atoms with E-state index in [4.69, 9.17) is 4.74 Å². The molecule has 0 radical (unpaired) electrons. The van der Waals surface area contributed by atoms with E-state index < -0.39 is 0 Å². The minimum Gasteiger partial charge on any atom is -0.375 e. The summed E-state index contributed by atoms with van der Waals surface area (Å²) in [6, 6.07) is 2.63. The predicted octanol–water partition coefficient (Wildman–Crippen LogP) is 4.12. The highest BCUT2D eigenvalue weighted by molar-refractivity contribution is 9.10. The van der Waals surface area contributed by atoms with Crippen LogP contribution < -0.4 is 5.32 Å². The Bertz CT molecular complexity index is 408. The summed E-state index contributed by atoms with van der Waals surface area (Å²) in [5.41, 5.74) is 0. The molecule has 2 bridgehead atoms. The van der Waals surface area contributed by atoms with Gasteiger partial charge in [0.15, 0.2) is 0 Å². The number of halogens is 1. The van der Waals surface area contributed by atoms with Crippen LogP contribution >= 0.6 is 27.3 Å². The van der Waals surface area contributed by atoms with E-state index in [0.29, 0.717) is 24.2 Å². The van der Waals surface area contributed by atoms with E-state index in [9.17, 15) is 0 Å². The lowest BCUT2D eigenvalue weighted by Crippen LogP contribution is -2.33. The SMILES string of the molecule is CCCNC(c1sccc1Br)C1CC2CCC1O2. The Labute approximate surface area is 121 Å². The third-order valence-corrected chi connectivity index (χ3v) is 6.08. The van der Waals surface area contributed by atoms with Crippen LogP contribution in [-0.4, -0.2) is 18.8 Å². The second-order valence-corrected chi connectivity index (χ2v) is 7.14. The van der Waals surface area contributed by atoms with Gasteiger partial charge in [0.2, 0.25) is 0 Å². The molecule has 2 aliphatic rings. The Balaban J connectivity index is 1.79. The summed E-state index contributed by atoms with van der Waals surface area (Å²) in [6.07, 6.45) is 5.95. The van der Waals surface area contributed by atoms with Gasteiger partial charge in [-0.25, -0.2) is 0 Å². The molecular weight excluding hydrogens is 310 g/mol. The highest BCUT2D eigenvalue weighted by atomic mass is 79.9. The summed E-state index contributed by atoms with van der Waals surface area (Å²) in [5.74, 6) is 0.658. The summed E-state index contributed by atoms with van der Waals surface area (Å²) in [7, 11) is 0. The highest BCUT2D eigenvalue weighted by Gasteiger charge is 2.45. The van der Waals surface area contributed by atoms with Gasteiger partial charge in [0.05, 0.1) is 12.2 Å². The topological polar surface area (TPSA) is 21.3 Å². The number of rotatable bonds is 5. The Morgan fingerprint density at radius 2 is 2.44 bits per heavy atom. The zero-order valence-electron chi connectivity index (χ0n) is 10.7. The molecule has 3 heterocycles. The van der Waals surface area contributed by atoms with Gasteiger partial charge in [-0.3, -0.25) is 0 Å². The molecule has 18 heavy (non-hydrogen) atoms. The standard InChI is InChI=1S/C14H20BrNOS/c1-2-6-16-13(14-11(15)5-7-18-14)10-8-9-3-4-12(10)17-9/h5,7,9-10,12-13,16H,2-4,6,8H2,1H3. The molecule has 0 saturated carbocycles. The maximum Gasteiger partial charge on any atom is 0.0627 e. The maximum atomic E-state index is 6.03. The Morgan fingerprint density at radius 3 is 3.00 bits per heavy atom. The maximum absolute atomic E-state index is 6.03. The van der Waals surface area contributed by atoms with E-state index in [0.717, 1.165) is 6.54 Å². The van der Waals surface area contributed by atoms with Crippen molar-refractivity contribution in [3.63, 3.8) is 0 Å². The molecule has 2 aliphatic heterocycles. The van der Waals surface area contributed by atoms with Crippen LogP contribution in [-0.2, 0) is 4.74 Å². The smallest absolute Gasteiger partial charge is 0.0627 e. The van der Waals surface area contributed by atoms with Gasteiger partial charge in [-0.05, 0) is 59.6 Å². The molecule has 0 amide bonds. The molecule has 4 heteroatoms. The van der Waals surface area contributed by atoms with Gasteiger partial charge < -0.3 is 10.1 Å². The average molecular weight is 330 g/mol. The fraction of sp³-hybridized carbons (Fsp3) is 0.714. The third-order valence-electron chi connectivity index (χ3n) is 4.12. The van der Waals surface area contributed by atoms with Gasteiger partial charge >= 0.3 is 0 Å². The summed E-state index contributed by atoms with van der Waals surface area (Å²) in [6.45, 7) is 3.31. The lowest BCUT2D eigenvalue weighted by atomic mass is 9.83. The molecule has 1 aromatic heterocycles. The fourth-order valence-electron chi connectivity index (χ4n) is 3.29. The van der Waals surface area contributed by atoms with Crippen molar-refractivity contribution < 1.29 is 4.74 Å². The summed E-state index contributed by atoms with van der Waals surface area (Å²) in [5, 5.41) is 5.91. The number of hydrogen-bond acceptors (Lipinski definition) is 3. The first kappa shape index (κ1) is 13.1. The molecule has 2 fully saturated rings. The molecule has 0 spiro atoms. The average Bonchev–Trinajstić information content (AvgIpc) is 3.07. The minimum atomic E-state index is 0.467. The Morgan fingerprint density at radius 1 is 1.56 bits per heavy atom. The Hall–Kier alpha value is 0.1000. The van der Waals surface area contributed by atoms with Crippen LogP contribution in [0.4, 0.5) is 0 Å². The largest absolute Gasteiger partial charge is 0.375 e. The van der Waals surface area contributed by atoms with Crippen LogP contribution in [0.1, 0.15) is 43.5 Å². The van der Waals surface area contributed by atoms with Crippen molar-refractivity contribution in [2.24, 2.45) is 5.92 Å². The van der Waals surface area contributed by atoms with Crippen molar-refractivity contribution in [3.8, 4) is 0 Å². The Kier molecular flexibility index (Phi) is 4.09. The molecule has 100 valence electrons. The zero-order valence-corrected chi connectivity index (χ0v) is 13.1. The minimum absolute atomic E-state index is 0.467. The van der Waals surface area contributed by atoms with Crippen LogP contribution in [0.5, 0.6) is 0 Å². The number of nitrogens with one attached hydrogen (secondary N) is 1. The van der Waals surface area contributed by atoms with E-state index >= 15 is 0 Å². The summed E-state index contributed by atoms with van der Waals surface area (Å²) < 4.78 is 7.29. The molecule has 2 saturated heterocycles. The zero-order chi connectivity index (χ0) is 12.5. The second kappa shape index (κ2) is 5.61. The quantitative estimate of drug-likeness (QED) is 0.877. The van der Waals surface area contributed by atoms with E-state index in [1.54, 1.807) is 0 Å². The van der Waals surface area contributed by atoms with Crippen molar-refractivity contribution in [2.45, 2.75) is 50.9 Å². The molecule has 2 nitrogen and oxygen atoms in total. The van der Waals surface area contributed by atoms with E-state index in [2.05, 4.69) is 39.6 Å². The number of fused-ring (bicyclic) bond motifs is 2. The molecule has 4 atom stereocenters. The molecule has 0 aromatic carbocycles. The first-order valence-corrected chi connectivity index (χ1v) is 8.58. The van der Waals surface area contributed by atoms with Crippen LogP contribution in [0, 0.1) is 5.92 Å². The second-order valence-electron chi connectivity index (χ2n) is 5.34. The third kappa shape index (κ3) is 2.40. The van der Waals surface area contributed by atoms with Crippen LogP contribution in [0.15, 0.2) is 15.9 Å². The monoisotopic (exact) mass is 329 g/mol. The molecule has 4 unspecified atom stereocenters. The first-order valence-electron chi connectivity index (χ1n) is 6.91. The van der Waals surface area contributed by atoms with Crippen molar-refractivity contribution in [3.05, 3.63) is 20.8 Å². The molecule has 1 N–H and O–H groups in total. The molecule has 0 aliphatic carbocycles. The van der Waals surface area contributed by atoms with Gasteiger partial charge in [0.25, 0.3) is 0 Å². The lowest BCUT2D eigenvalue weighted by molar-refractivity contribution is 0.0859. The number of thiophene rings is 1. The normalized spacial score (nSPS) is 32.0. The van der Waals surface area contributed by atoms with Crippen molar-refractivity contribution in [1.82, 2.24) is 5.32 Å². The van der Waals surface area contributed by atoms with E-state index in [-0.39, 0.29) is 0 Å². The van der Waals surface area contributed by atoms with E-state index in [1.807, 2.05) is 11.3 Å². The predicted molar refractivity (Wildman–Crippen MR) is 79.1 cm³/mol. The van der Waals surface area contributed by atoms with Gasteiger partial charge in [-0.2, -0.15) is 0 Å². The van der Waals surface area contributed by atoms with E-state index in [1.165, 1.54) is 35.0 Å². The summed E-state index contributed by atoms with van der Waals surface area (Å²) in [4.78, 5) is 1.45. The fourth-order valence-corrected chi connectivity index (χ4v) is 5.06. The van der Waals surface area contributed by atoms with Gasteiger partial charge in [-0.1, -0.05) is 6.92 Å². The highest BCUT2D eigenvalue weighted by Crippen LogP contribution is 2.46. The van der Waals surface area contributed by atoms with Crippen molar-refractivity contribution >= 4 is 27.3 Å². The molecule has 1 aromatic rings. The van der Waals surface area contributed by atoms with Crippen molar-refractivity contribution in [1.29, 1.82) is 0 Å². The van der Waals surface area contributed by atoms with Crippen LogP contribution in [0.3, 0.4) is 0 Å². The molecule has 3 rings (SSSR count).